The summed E-state index contributed by atoms with van der Waals surface area (Å²) in [5.41, 5.74) is 3.84. The van der Waals surface area contributed by atoms with E-state index in [1.807, 2.05) is 18.2 Å². The van der Waals surface area contributed by atoms with Crippen molar-refractivity contribution in [2.75, 3.05) is 17.7 Å². The standard InChI is InChI=1S/C16H22ClN/c1-14(7-6-8-15(2)13-17)11-12-18-16-9-4-3-5-10-16/h3-5,8-11,18H,6-7,12-13H2,1-2H3. The number of anilines is 1. The highest BCUT2D eigenvalue weighted by molar-refractivity contribution is 6.19. The van der Waals surface area contributed by atoms with Crippen molar-refractivity contribution in [2.24, 2.45) is 0 Å². The molecule has 0 aromatic heterocycles. The first-order chi connectivity index (χ1) is 8.72. The maximum absolute atomic E-state index is 5.73. The summed E-state index contributed by atoms with van der Waals surface area (Å²) in [6.45, 7) is 5.13. The van der Waals surface area contributed by atoms with Crippen molar-refractivity contribution >= 4 is 17.3 Å². The lowest BCUT2D eigenvalue weighted by atomic mass is 10.1. The summed E-state index contributed by atoms with van der Waals surface area (Å²) in [4.78, 5) is 0. The van der Waals surface area contributed by atoms with Crippen LogP contribution in [0.2, 0.25) is 0 Å². The van der Waals surface area contributed by atoms with Gasteiger partial charge in [-0.15, -0.1) is 11.6 Å². The molecule has 1 nitrogen and oxygen atoms in total. The first-order valence-corrected chi connectivity index (χ1v) is 6.92. The van der Waals surface area contributed by atoms with Gasteiger partial charge >= 0.3 is 0 Å². The van der Waals surface area contributed by atoms with Crippen molar-refractivity contribution in [1.82, 2.24) is 0 Å². The molecule has 0 radical (unpaired) electrons. The van der Waals surface area contributed by atoms with Gasteiger partial charge in [0.15, 0.2) is 0 Å². The van der Waals surface area contributed by atoms with Crippen LogP contribution in [0.5, 0.6) is 0 Å². The van der Waals surface area contributed by atoms with E-state index in [0.29, 0.717) is 5.88 Å². The zero-order chi connectivity index (χ0) is 13.2. The maximum atomic E-state index is 5.73. The molecule has 0 saturated carbocycles. The molecule has 0 aliphatic heterocycles. The molecule has 0 fully saturated rings. The molecule has 2 heteroatoms. The summed E-state index contributed by atoms with van der Waals surface area (Å²) >= 11 is 5.73. The van der Waals surface area contributed by atoms with Crippen LogP contribution in [0, 0.1) is 0 Å². The maximum Gasteiger partial charge on any atom is 0.0430 e. The smallest absolute Gasteiger partial charge is 0.0430 e. The first kappa shape index (κ1) is 14.8. The van der Waals surface area contributed by atoms with E-state index in [1.54, 1.807) is 0 Å². The van der Waals surface area contributed by atoms with Crippen LogP contribution in [0.1, 0.15) is 26.7 Å². The van der Waals surface area contributed by atoms with Crippen LogP contribution in [-0.2, 0) is 0 Å². The van der Waals surface area contributed by atoms with Crippen molar-refractivity contribution in [3.63, 3.8) is 0 Å². The number of allylic oxidation sites excluding steroid dienone is 3. The molecule has 0 amide bonds. The van der Waals surface area contributed by atoms with E-state index in [9.17, 15) is 0 Å². The Morgan fingerprint density at radius 1 is 1.11 bits per heavy atom. The van der Waals surface area contributed by atoms with Crippen LogP contribution in [0.4, 0.5) is 5.69 Å². The van der Waals surface area contributed by atoms with E-state index in [4.69, 9.17) is 11.6 Å². The Bertz CT molecular complexity index is 393. The number of nitrogens with one attached hydrogen (secondary N) is 1. The molecule has 1 N–H and O–H groups in total. The Labute approximate surface area is 116 Å². The minimum Gasteiger partial charge on any atom is -0.382 e. The normalized spacial score (nSPS) is 12.6. The molecular weight excluding hydrogens is 242 g/mol. The molecule has 0 aliphatic rings. The van der Waals surface area contributed by atoms with Gasteiger partial charge in [-0.3, -0.25) is 0 Å². The molecule has 0 aliphatic carbocycles. The fourth-order valence-electron chi connectivity index (χ4n) is 1.60. The quantitative estimate of drug-likeness (QED) is 0.539. The average molecular weight is 264 g/mol. The number of hydrogen-bond donors (Lipinski definition) is 1. The Hall–Kier alpha value is -1.21. The van der Waals surface area contributed by atoms with Gasteiger partial charge in [0.2, 0.25) is 0 Å². The molecule has 18 heavy (non-hydrogen) atoms. The first-order valence-electron chi connectivity index (χ1n) is 6.38. The second-order valence-electron chi connectivity index (χ2n) is 4.52. The van der Waals surface area contributed by atoms with Crippen molar-refractivity contribution in [3.05, 3.63) is 53.6 Å². The van der Waals surface area contributed by atoms with E-state index in [-0.39, 0.29) is 0 Å². The second kappa shape index (κ2) is 8.82. The van der Waals surface area contributed by atoms with Gasteiger partial charge in [-0.2, -0.15) is 0 Å². The number of rotatable bonds is 7. The highest BCUT2D eigenvalue weighted by Crippen LogP contribution is 2.08. The minimum atomic E-state index is 0.637. The molecular formula is C16H22ClN. The third-order valence-corrected chi connectivity index (χ3v) is 3.19. The predicted molar refractivity (Wildman–Crippen MR) is 82.4 cm³/mol. The van der Waals surface area contributed by atoms with Crippen LogP contribution in [-0.4, -0.2) is 12.4 Å². The summed E-state index contributed by atoms with van der Waals surface area (Å²) in [5, 5.41) is 3.37. The number of hydrogen-bond acceptors (Lipinski definition) is 1. The topological polar surface area (TPSA) is 12.0 Å². The van der Waals surface area contributed by atoms with Crippen molar-refractivity contribution in [2.45, 2.75) is 26.7 Å². The van der Waals surface area contributed by atoms with Crippen LogP contribution in [0.3, 0.4) is 0 Å². The lowest BCUT2D eigenvalue weighted by Gasteiger charge is -2.04. The Morgan fingerprint density at radius 2 is 1.83 bits per heavy atom. The summed E-state index contributed by atoms with van der Waals surface area (Å²) in [6.07, 6.45) is 6.64. The molecule has 0 atom stereocenters. The predicted octanol–water partition coefficient (Wildman–Crippen LogP) is 5.01. The van der Waals surface area contributed by atoms with E-state index in [2.05, 4.69) is 43.4 Å². The average Bonchev–Trinajstić information content (AvgIpc) is 2.39. The van der Waals surface area contributed by atoms with Gasteiger partial charge < -0.3 is 5.32 Å². The highest BCUT2D eigenvalue weighted by atomic mass is 35.5. The largest absolute Gasteiger partial charge is 0.382 e. The third-order valence-electron chi connectivity index (χ3n) is 2.77. The van der Waals surface area contributed by atoms with Gasteiger partial charge in [0.05, 0.1) is 0 Å². The summed E-state index contributed by atoms with van der Waals surface area (Å²) < 4.78 is 0. The molecule has 1 aromatic rings. The second-order valence-corrected chi connectivity index (χ2v) is 4.79. The summed E-state index contributed by atoms with van der Waals surface area (Å²) in [5.74, 6) is 0.637. The zero-order valence-electron chi connectivity index (χ0n) is 11.2. The van der Waals surface area contributed by atoms with Gasteiger partial charge in [0, 0.05) is 18.1 Å². The number of para-hydroxylation sites is 1. The third kappa shape index (κ3) is 6.51. The van der Waals surface area contributed by atoms with Crippen LogP contribution >= 0.6 is 11.6 Å². The van der Waals surface area contributed by atoms with E-state index in [1.165, 1.54) is 16.8 Å². The van der Waals surface area contributed by atoms with Crippen LogP contribution in [0.15, 0.2) is 53.6 Å². The van der Waals surface area contributed by atoms with Crippen LogP contribution in [0.25, 0.3) is 0 Å². The van der Waals surface area contributed by atoms with Crippen LogP contribution < -0.4 is 5.32 Å². The molecule has 1 aromatic carbocycles. The Kier molecular flexibility index (Phi) is 7.28. The SMILES string of the molecule is CC(=CCCC(C)=CCNc1ccccc1)CCl. The van der Waals surface area contributed by atoms with E-state index >= 15 is 0 Å². The van der Waals surface area contributed by atoms with E-state index in [0.717, 1.165) is 19.4 Å². The Balaban J connectivity index is 2.26. The summed E-state index contributed by atoms with van der Waals surface area (Å²) in [7, 11) is 0. The monoisotopic (exact) mass is 263 g/mol. The molecule has 0 saturated heterocycles. The minimum absolute atomic E-state index is 0.637. The van der Waals surface area contributed by atoms with Gasteiger partial charge in [-0.1, -0.05) is 41.5 Å². The van der Waals surface area contributed by atoms with Gasteiger partial charge in [0.1, 0.15) is 0 Å². The van der Waals surface area contributed by atoms with E-state index < -0.39 is 0 Å². The molecule has 98 valence electrons. The van der Waals surface area contributed by atoms with Crippen molar-refractivity contribution in [1.29, 1.82) is 0 Å². The number of benzene rings is 1. The number of halogens is 1. The van der Waals surface area contributed by atoms with Gasteiger partial charge in [0.25, 0.3) is 0 Å². The fraction of sp³-hybridized carbons (Fsp3) is 0.375. The summed E-state index contributed by atoms with van der Waals surface area (Å²) in [6, 6.07) is 10.3. The lowest BCUT2D eigenvalue weighted by molar-refractivity contribution is 0.960. The van der Waals surface area contributed by atoms with Gasteiger partial charge in [-0.05, 0) is 38.8 Å². The number of alkyl halides is 1. The Morgan fingerprint density at radius 3 is 2.50 bits per heavy atom. The highest BCUT2D eigenvalue weighted by Gasteiger charge is 1.91. The fourth-order valence-corrected chi connectivity index (χ4v) is 1.71. The van der Waals surface area contributed by atoms with Crippen molar-refractivity contribution < 1.29 is 0 Å². The van der Waals surface area contributed by atoms with Crippen molar-refractivity contribution in [3.8, 4) is 0 Å². The molecule has 0 spiro atoms. The van der Waals surface area contributed by atoms with Gasteiger partial charge in [-0.25, -0.2) is 0 Å². The molecule has 0 bridgehead atoms. The lowest BCUT2D eigenvalue weighted by Crippen LogP contribution is -1.98. The molecule has 0 unspecified atom stereocenters. The zero-order valence-corrected chi connectivity index (χ0v) is 12.0. The molecule has 1 rings (SSSR count). The molecule has 0 heterocycles.